The van der Waals surface area contributed by atoms with Gasteiger partial charge < -0.3 is 10.2 Å². The van der Waals surface area contributed by atoms with E-state index in [0.717, 1.165) is 6.07 Å². The molecule has 88 valence electrons. The molecule has 17 heavy (non-hydrogen) atoms. The number of aromatic carboxylic acids is 1. The molecule has 0 radical (unpaired) electrons. The standard InChI is InChI=1S/C11H9FN2O3/c1-14-10(7(5-13-14)11(16)17)6-2-3-9(15)8(12)4-6/h2-5,15H,1H3,(H,16,17). The lowest BCUT2D eigenvalue weighted by Crippen LogP contribution is -2.00. The zero-order chi connectivity index (χ0) is 12.6. The molecule has 0 spiro atoms. The van der Waals surface area contributed by atoms with Gasteiger partial charge in [-0.15, -0.1) is 0 Å². The summed E-state index contributed by atoms with van der Waals surface area (Å²) < 4.78 is 14.6. The second kappa shape index (κ2) is 3.89. The number of hydrogen-bond donors (Lipinski definition) is 2. The minimum absolute atomic E-state index is 0.0161. The van der Waals surface area contributed by atoms with Gasteiger partial charge in [-0.2, -0.15) is 5.10 Å². The zero-order valence-electron chi connectivity index (χ0n) is 8.88. The van der Waals surface area contributed by atoms with Gasteiger partial charge in [0.25, 0.3) is 0 Å². The minimum atomic E-state index is -1.14. The highest BCUT2D eigenvalue weighted by atomic mass is 19.1. The van der Waals surface area contributed by atoms with Crippen LogP contribution in [-0.4, -0.2) is 26.0 Å². The van der Waals surface area contributed by atoms with Crippen molar-refractivity contribution in [2.45, 2.75) is 0 Å². The van der Waals surface area contributed by atoms with Gasteiger partial charge in [0.2, 0.25) is 0 Å². The topological polar surface area (TPSA) is 75.4 Å². The molecule has 0 amide bonds. The fourth-order valence-corrected chi connectivity index (χ4v) is 1.59. The van der Waals surface area contributed by atoms with Crippen molar-refractivity contribution < 1.29 is 19.4 Å². The number of benzene rings is 1. The van der Waals surface area contributed by atoms with Crippen LogP contribution >= 0.6 is 0 Å². The average Bonchev–Trinajstić information content (AvgIpc) is 2.64. The molecule has 0 atom stereocenters. The third-order valence-corrected chi connectivity index (χ3v) is 2.39. The van der Waals surface area contributed by atoms with E-state index in [-0.39, 0.29) is 11.3 Å². The van der Waals surface area contributed by atoms with Crippen LogP contribution in [0.3, 0.4) is 0 Å². The van der Waals surface area contributed by atoms with Crippen molar-refractivity contribution in [3.05, 3.63) is 35.8 Å². The second-order valence-corrected chi connectivity index (χ2v) is 3.50. The SMILES string of the molecule is Cn1ncc(C(=O)O)c1-c1ccc(O)c(F)c1. The van der Waals surface area contributed by atoms with Crippen molar-refractivity contribution in [2.75, 3.05) is 0 Å². The Labute approximate surface area is 95.7 Å². The molecule has 0 bridgehead atoms. The summed E-state index contributed by atoms with van der Waals surface area (Å²) >= 11 is 0. The van der Waals surface area contributed by atoms with Crippen LogP contribution in [0, 0.1) is 5.82 Å². The van der Waals surface area contributed by atoms with Gasteiger partial charge in [0.1, 0.15) is 5.56 Å². The van der Waals surface area contributed by atoms with Crippen LogP contribution in [0.5, 0.6) is 5.75 Å². The van der Waals surface area contributed by atoms with E-state index in [1.54, 1.807) is 7.05 Å². The van der Waals surface area contributed by atoms with Gasteiger partial charge in [-0.25, -0.2) is 9.18 Å². The predicted molar refractivity (Wildman–Crippen MR) is 57.2 cm³/mol. The molecule has 0 aliphatic carbocycles. The maximum atomic E-state index is 13.2. The maximum Gasteiger partial charge on any atom is 0.339 e. The monoisotopic (exact) mass is 236 g/mol. The summed E-state index contributed by atoms with van der Waals surface area (Å²) in [5.41, 5.74) is 0.617. The van der Waals surface area contributed by atoms with E-state index in [0.29, 0.717) is 5.56 Å². The van der Waals surface area contributed by atoms with Crippen molar-refractivity contribution in [1.29, 1.82) is 0 Å². The Bertz CT molecular complexity index is 592. The molecule has 0 aliphatic rings. The Morgan fingerprint density at radius 3 is 2.76 bits per heavy atom. The van der Waals surface area contributed by atoms with E-state index in [4.69, 9.17) is 10.2 Å². The molecule has 5 nitrogen and oxygen atoms in total. The number of aryl methyl sites for hydroxylation is 1. The molecule has 1 aromatic heterocycles. The van der Waals surface area contributed by atoms with Crippen LogP contribution in [0.1, 0.15) is 10.4 Å². The Hall–Kier alpha value is -2.37. The first-order valence-electron chi connectivity index (χ1n) is 4.75. The van der Waals surface area contributed by atoms with Gasteiger partial charge in [-0.1, -0.05) is 0 Å². The largest absolute Gasteiger partial charge is 0.505 e. The molecule has 0 saturated carbocycles. The normalized spacial score (nSPS) is 10.5. The van der Waals surface area contributed by atoms with E-state index in [1.165, 1.54) is 23.0 Å². The lowest BCUT2D eigenvalue weighted by Gasteiger charge is -2.05. The lowest BCUT2D eigenvalue weighted by atomic mass is 10.1. The summed E-state index contributed by atoms with van der Waals surface area (Å²) in [5.74, 6) is -2.42. The number of halogens is 1. The van der Waals surface area contributed by atoms with E-state index < -0.39 is 17.5 Å². The number of carboxylic acid groups (broad SMARTS) is 1. The molecule has 1 heterocycles. The summed E-state index contributed by atoms with van der Waals surface area (Å²) in [4.78, 5) is 11.0. The highest BCUT2D eigenvalue weighted by Gasteiger charge is 2.17. The van der Waals surface area contributed by atoms with E-state index in [9.17, 15) is 9.18 Å². The van der Waals surface area contributed by atoms with Gasteiger partial charge in [0.15, 0.2) is 11.6 Å². The molecular formula is C11H9FN2O3. The quantitative estimate of drug-likeness (QED) is 0.830. The van der Waals surface area contributed by atoms with E-state index >= 15 is 0 Å². The van der Waals surface area contributed by atoms with Crippen molar-refractivity contribution in [3.8, 4) is 17.0 Å². The maximum absolute atomic E-state index is 13.2. The number of aromatic hydroxyl groups is 1. The van der Waals surface area contributed by atoms with Gasteiger partial charge in [0, 0.05) is 12.6 Å². The molecule has 1 aromatic carbocycles. The van der Waals surface area contributed by atoms with Gasteiger partial charge in [-0.3, -0.25) is 4.68 Å². The van der Waals surface area contributed by atoms with Crippen molar-refractivity contribution in [3.63, 3.8) is 0 Å². The number of phenolic OH excluding ortho intramolecular Hbond substituents is 1. The van der Waals surface area contributed by atoms with Crippen LogP contribution < -0.4 is 0 Å². The Morgan fingerprint density at radius 1 is 1.47 bits per heavy atom. The number of rotatable bonds is 2. The van der Waals surface area contributed by atoms with Gasteiger partial charge >= 0.3 is 5.97 Å². The summed E-state index contributed by atoms with van der Waals surface area (Å²) in [6.07, 6.45) is 1.20. The third kappa shape index (κ3) is 1.84. The molecular weight excluding hydrogens is 227 g/mol. The number of carboxylic acids is 1. The smallest absolute Gasteiger partial charge is 0.339 e. The molecule has 0 saturated heterocycles. The van der Waals surface area contributed by atoms with E-state index in [1.807, 2.05) is 0 Å². The molecule has 2 rings (SSSR count). The molecule has 0 fully saturated rings. The van der Waals surface area contributed by atoms with Gasteiger partial charge in [0.05, 0.1) is 11.9 Å². The number of phenols is 1. The molecule has 2 aromatic rings. The lowest BCUT2D eigenvalue weighted by molar-refractivity contribution is 0.0697. The van der Waals surface area contributed by atoms with E-state index in [2.05, 4.69) is 5.10 Å². The molecule has 0 aliphatic heterocycles. The van der Waals surface area contributed by atoms with Crippen LogP contribution in [0.2, 0.25) is 0 Å². The molecule has 2 N–H and O–H groups in total. The first-order chi connectivity index (χ1) is 8.00. The zero-order valence-corrected chi connectivity index (χ0v) is 8.88. The number of hydrogen-bond acceptors (Lipinski definition) is 3. The van der Waals surface area contributed by atoms with Crippen LogP contribution in [0.25, 0.3) is 11.3 Å². The minimum Gasteiger partial charge on any atom is -0.505 e. The Kier molecular flexibility index (Phi) is 2.55. The fourth-order valence-electron chi connectivity index (χ4n) is 1.59. The summed E-state index contributed by atoms with van der Waals surface area (Å²) in [5, 5.41) is 21.9. The van der Waals surface area contributed by atoms with Crippen LogP contribution in [-0.2, 0) is 7.05 Å². The highest BCUT2D eigenvalue weighted by Crippen LogP contribution is 2.27. The number of aromatic nitrogens is 2. The van der Waals surface area contributed by atoms with Crippen LogP contribution in [0.4, 0.5) is 4.39 Å². The van der Waals surface area contributed by atoms with Crippen molar-refractivity contribution in [1.82, 2.24) is 9.78 Å². The van der Waals surface area contributed by atoms with Crippen molar-refractivity contribution in [2.24, 2.45) is 7.05 Å². The predicted octanol–water partition coefficient (Wildman–Crippen LogP) is 1.63. The van der Waals surface area contributed by atoms with Gasteiger partial charge in [-0.05, 0) is 18.2 Å². The summed E-state index contributed by atoms with van der Waals surface area (Å²) in [6.45, 7) is 0. The summed E-state index contributed by atoms with van der Waals surface area (Å²) in [7, 11) is 1.56. The third-order valence-electron chi connectivity index (χ3n) is 2.39. The van der Waals surface area contributed by atoms with Crippen LogP contribution in [0.15, 0.2) is 24.4 Å². The molecule has 0 unspecified atom stereocenters. The average molecular weight is 236 g/mol. The molecule has 6 heteroatoms. The first kappa shape index (κ1) is 11.1. The number of carbonyl (C=O) groups is 1. The Balaban J connectivity index is 2.63. The Morgan fingerprint density at radius 2 is 2.18 bits per heavy atom. The fraction of sp³-hybridized carbons (Fsp3) is 0.0909. The number of nitrogens with zero attached hydrogens (tertiary/aromatic N) is 2. The second-order valence-electron chi connectivity index (χ2n) is 3.50. The first-order valence-corrected chi connectivity index (χ1v) is 4.75. The highest BCUT2D eigenvalue weighted by molar-refractivity contribution is 5.94. The summed E-state index contributed by atoms with van der Waals surface area (Å²) in [6, 6.07) is 3.67. The van der Waals surface area contributed by atoms with Crippen molar-refractivity contribution >= 4 is 5.97 Å².